The van der Waals surface area contributed by atoms with Crippen molar-refractivity contribution in [2.75, 3.05) is 25.0 Å². The maximum Gasteiger partial charge on any atom is 0.321 e. The molecule has 25 heavy (non-hydrogen) atoms. The molecule has 128 valence electrons. The Kier molecular flexibility index (Phi) is 5.09. The summed E-state index contributed by atoms with van der Waals surface area (Å²) >= 11 is 0. The fourth-order valence-electron chi connectivity index (χ4n) is 2.57. The predicted octanol–water partition coefficient (Wildman–Crippen LogP) is 3.31. The first-order valence-corrected chi connectivity index (χ1v) is 8.04. The maximum absolute atomic E-state index is 12.1. The van der Waals surface area contributed by atoms with Crippen LogP contribution in [-0.4, -0.2) is 40.6 Å². The van der Waals surface area contributed by atoms with Crippen LogP contribution in [0.1, 0.15) is 11.3 Å². The molecule has 2 aromatic heterocycles. The highest BCUT2D eigenvalue weighted by molar-refractivity contribution is 5.89. The van der Waals surface area contributed by atoms with Gasteiger partial charge >= 0.3 is 6.03 Å². The Labute approximate surface area is 146 Å². The van der Waals surface area contributed by atoms with Gasteiger partial charge in [0.2, 0.25) is 5.88 Å². The third-order valence-electron chi connectivity index (χ3n) is 3.97. The summed E-state index contributed by atoms with van der Waals surface area (Å²) in [7, 11) is 0. The fourth-order valence-corrected chi connectivity index (χ4v) is 2.57. The quantitative estimate of drug-likeness (QED) is 0.879. The van der Waals surface area contributed by atoms with Crippen LogP contribution in [0.2, 0.25) is 0 Å². The van der Waals surface area contributed by atoms with Gasteiger partial charge in [0, 0.05) is 31.3 Å². The largest absolute Gasteiger partial charge is 0.477 e. The van der Waals surface area contributed by atoms with Gasteiger partial charge in [-0.3, -0.25) is 4.98 Å². The highest BCUT2D eigenvalue weighted by Gasteiger charge is 2.31. The van der Waals surface area contributed by atoms with Crippen molar-refractivity contribution in [2.24, 2.45) is 5.92 Å². The van der Waals surface area contributed by atoms with Crippen LogP contribution in [0, 0.1) is 5.92 Å². The van der Waals surface area contributed by atoms with Crippen molar-refractivity contribution in [3.05, 3.63) is 61.1 Å². The maximum atomic E-state index is 12.1. The molecule has 0 unspecified atom stereocenters. The summed E-state index contributed by atoms with van der Waals surface area (Å²) in [6, 6.07) is 7.19. The van der Waals surface area contributed by atoms with Crippen LogP contribution in [0.15, 0.2) is 49.8 Å². The molecule has 1 aliphatic rings. The SMILES string of the molecule is C=Cc1ccc(OCC2CN(C(=O)Nc3cccnc3)C2)nc1C=C. The van der Waals surface area contributed by atoms with E-state index in [0.717, 1.165) is 11.3 Å². The van der Waals surface area contributed by atoms with Crippen LogP contribution >= 0.6 is 0 Å². The van der Waals surface area contributed by atoms with Gasteiger partial charge in [0.1, 0.15) is 0 Å². The molecule has 0 radical (unpaired) electrons. The molecule has 0 bridgehead atoms. The lowest BCUT2D eigenvalue weighted by atomic mass is 10.0. The summed E-state index contributed by atoms with van der Waals surface area (Å²) in [5.41, 5.74) is 2.36. The standard InChI is InChI=1S/C19H20N4O2/c1-3-15-7-8-18(22-17(15)4-2)25-13-14-11-23(12-14)19(24)21-16-6-5-9-20-10-16/h3-10,14H,1-2,11-13H2,(H,21,24). The van der Waals surface area contributed by atoms with Crippen molar-refractivity contribution in [3.8, 4) is 5.88 Å². The van der Waals surface area contributed by atoms with Gasteiger partial charge in [-0.25, -0.2) is 9.78 Å². The summed E-state index contributed by atoms with van der Waals surface area (Å²) in [4.78, 5) is 22.2. The molecule has 6 nitrogen and oxygen atoms in total. The molecule has 6 heteroatoms. The number of anilines is 1. The van der Waals surface area contributed by atoms with Crippen molar-refractivity contribution in [2.45, 2.75) is 0 Å². The molecule has 1 saturated heterocycles. The second-order valence-corrected chi connectivity index (χ2v) is 5.79. The van der Waals surface area contributed by atoms with Gasteiger partial charge in [0.15, 0.2) is 0 Å². The smallest absolute Gasteiger partial charge is 0.321 e. The number of pyridine rings is 2. The Morgan fingerprint density at radius 1 is 1.32 bits per heavy atom. The monoisotopic (exact) mass is 336 g/mol. The number of rotatable bonds is 6. The van der Waals surface area contributed by atoms with E-state index in [4.69, 9.17) is 4.74 Å². The zero-order valence-corrected chi connectivity index (χ0v) is 13.9. The normalized spacial score (nSPS) is 13.7. The van der Waals surface area contributed by atoms with Crippen LogP contribution in [0.5, 0.6) is 5.88 Å². The number of ether oxygens (including phenoxy) is 1. The number of urea groups is 1. The first kappa shape index (κ1) is 16.7. The molecule has 2 amide bonds. The van der Waals surface area contributed by atoms with Gasteiger partial charge in [0.05, 0.1) is 24.2 Å². The molecule has 1 fully saturated rings. The molecule has 3 rings (SSSR count). The minimum Gasteiger partial charge on any atom is -0.477 e. The molecule has 2 aromatic rings. The van der Waals surface area contributed by atoms with Crippen LogP contribution < -0.4 is 10.1 Å². The van der Waals surface area contributed by atoms with E-state index in [-0.39, 0.29) is 6.03 Å². The highest BCUT2D eigenvalue weighted by atomic mass is 16.5. The Balaban J connectivity index is 1.45. The summed E-state index contributed by atoms with van der Waals surface area (Å²) in [6.07, 6.45) is 6.70. The molecular formula is C19H20N4O2. The van der Waals surface area contributed by atoms with Gasteiger partial charge in [-0.1, -0.05) is 19.2 Å². The fraction of sp³-hybridized carbons (Fsp3) is 0.211. The molecule has 1 N–H and O–H groups in total. The molecule has 0 aliphatic carbocycles. The van der Waals surface area contributed by atoms with Crippen LogP contribution in [0.3, 0.4) is 0 Å². The molecule has 3 heterocycles. The number of likely N-dealkylation sites (tertiary alicyclic amines) is 1. The Bertz CT molecular complexity index is 770. The van der Waals surface area contributed by atoms with Crippen LogP contribution in [0.25, 0.3) is 12.2 Å². The first-order chi connectivity index (χ1) is 12.2. The number of hydrogen-bond acceptors (Lipinski definition) is 4. The average Bonchev–Trinajstić information content (AvgIpc) is 2.61. The highest BCUT2D eigenvalue weighted by Crippen LogP contribution is 2.20. The number of aromatic nitrogens is 2. The summed E-state index contributed by atoms with van der Waals surface area (Å²) in [6.45, 7) is 9.33. The minimum absolute atomic E-state index is 0.119. The zero-order valence-electron chi connectivity index (χ0n) is 13.9. The lowest BCUT2D eigenvalue weighted by molar-refractivity contribution is 0.0907. The minimum atomic E-state index is -0.119. The molecule has 1 aliphatic heterocycles. The number of carbonyl (C=O) groups excluding carboxylic acids is 1. The number of nitrogens with zero attached hydrogens (tertiary/aromatic N) is 3. The van der Waals surface area contributed by atoms with E-state index < -0.39 is 0 Å². The number of carbonyl (C=O) groups is 1. The summed E-state index contributed by atoms with van der Waals surface area (Å²) < 4.78 is 5.74. The van der Waals surface area contributed by atoms with Crippen molar-refractivity contribution < 1.29 is 9.53 Å². The second kappa shape index (κ2) is 7.61. The van der Waals surface area contributed by atoms with Gasteiger partial charge in [-0.2, -0.15) is 0 Å². The third-order valence-corrected chi connectivity index (χ3v) is 3.97. The van der Waals surface area contributed by atoms with Crippen molar-refractivity contribution in [1.82, 2.24) is 14.9 Å². The van der Waals surface area contributed by atoms with E-state index in [9.17, 15) is 4.79 Å². The molecule has 0 saturated carbocycles. The van der Waals surface area contributed by atoms with Crippen molar-refractivity contribution in [3.63, 3.8) is 0 Å². The number of nitrogens with one attached hydrogen (secondary N) is 1. The predicted molar refractivity (Wildman–Crippen MR) is 98.2 cm³/mol. The zero-order chi connectivity index (χ0) is 17.6. The summed E-state index contributed by atoms with van der Waals surface area (Å²) in [5.74, 6) is 0.853. The van der Waals surface area contributed by atoms with Crippen molar-refractivity contribution >= 4 is 23.9 Å². The lowest BCUT2D eigenvalue weighted by Crippen LogP contribution is -2.53. The van der Waals surface area contributed by atoms with E-state index in [1.165, 1.54) is 0 Å². The first-order valence-electron chi connectivity index (χ1n) is 8.04. The number of hydrogen-bond donors (Lipinski definition) is 1. The van der Waals surface area contributed by atoms with Gasteiger partial charge in [-0.15, -0.1) is 0 Å². The van der Waals surface area contributed by atoms with E-state index in [2.05, 4.69) is 28.4 Å². The van der Waals surface area contributed by atoms with Crippen molar-refractivity contribution in [1.29, 1.82) is 0 Å². The van der Waals surface area contributed by atoms with Crippen LogP contribution in [0.4, 0.5) is 10.5 Å². The van der Waals surface area contributed by atoms with Gasteiger partial charge < -0.3 is 15.0 Å². The average molecular weight is 336 g/mol. The Morgan fingerprint density at radius 2 is 2.16 bits per heavy atom. The second-order valence-electron chi connectivity index (χ2n) is 5.79. The molecule has 0 aromatic carbocycles. The lowest BCUT2D eigenvalue weighted by Gasteiger charge is -2.38. The van der Waals surface area contributed by atoms with Crippen LogP contribution in [-0.2, 0) is 0 Å². The summed E-state index contributed by atoms with van der Waals surface area (Å²) in [5, 5.41) is 2.82. The molecule has 0 spiro atoms. The Hall–Kier alpha value is -3.15. The van der Waals surface area contributed by atoms with Gasteiger partial charge in [-0.05, 0) is 29.8 Å². The molecule has 0 atom stereocenters. The van der Waals surface area contributed by atoms with E-state index in [0.29, 0.717) is 37.2 Å². The van der Waals surface area contributed by atoms with E-state index in [1.54, 1.807) is 41.6 Å². The number of amides is 2. The van der Waals surface area contributed by atoms with E-state index in [1.807, 2.05) is 12.1 Å². The van der Waals surface area contributed by atoms with E-state index >= 15 is 0 Å². The third kappa shape index (κ3) is 4.03. The van der Waals surface area contributed by atoms with Gasteiger partial charge in [0.25, 0.3) is 0 Å². The molecular weight excluding hydrogens is 316 g/mol. The Morgan fingerprint density at radius 3 is 2.84 bits per heavy atom. The topological polar surface area (TPSA) is 67.3 Å².